The number of piperidine rings is 1. The molecule has 25 heavy (non-hydrogen) atoms. The van der Waals surface area contributed by atoms with E-state index in [0.717, 1.165) is 43.7 Å². The second-order valence-corrected chi connectivity index (χ2v) is 6.70. The van der Waals surface area contributed by atoms with Gasteiger partial charge in [0.15, 0.2) is 12.4 Å². The molecule has 8 heteroatoms. The lowest BCUT2D eigenvalue weighted by atomic mass is 10.1. The van der Waals surface area contributed by atoms with Crippen molar-refractivity contribution in [1.29, 1.82) is 0 Å². The van der Waals surface area contributed by atoms with Crippen LogP contribution >= 0.6 is 11.3 Å². The van der Waals surface area contributed by atoms with Crippen LogP contribution in [-0.2, 0) is 9.53 Å². The Morgan fingerprint density at radius 2 is 1.96 bits per heavy atom. The molecule has 3 heterocycles. The normalized spacial score (nSPS) is 14.2. The summed E-state index contributed by atoms with van der Waals surface area (Å²) in [6.45, 7) is 1.18. The number of ether oxygens (including phenoxy) is 1. The first-order valence-corrected chi connectivity index (χ1v) is 8.85. The van der Waals surface area contributed by atoms with Gasteiger partial charge in [-0.25, -0.2) is 4.79 Å². The average Bonchev–Trinajstić information content (AvgIpc) is 3.32. The van der Waals surface area contributed by atoms with E-state index in [9.17, 15) is 14.4 Å². The van der Waals surface area contributed by atoms with E-state index in [1.54, 1.807) is 29.2 Å². The highest BCUT2D eigenvalue weighted by atomic mass is 32.1. The molecule has 1 N–H and O–H groups in total. The van der Waals surface area contributed by atoms with Crippen LogP contribution in [0.4, 0.5) is 5.00 Å². The predicted octanol–water partition coefficient (Wildman–Crippen LogP) is 2.76. The van der Waals surface area contributed by atoms with E-state index < -0.39 is 11.9 Å². The molecule has 1 aliphatic rings. The Morgan fingerprint density at radius 3 is 2.68 bits per heavy atom. The zero-order valence-electron chi connectivity index (χ0n) is 13.5. The molecule has 0 radical (unpaired) electrons. The summed E-state index contributed by atoms with van der Waals surface area (Å²) in [4.78, 5) is 38.0. The van der Waals surface area contributed by atoms with Gasteiger partial charge in [-0.3, -0.25) is 9.59 Å². The summed E-state index contributed by atoms with van der Waals surface area (Å²) in [6.07, 6.45) is 4.52. The zero-order valence-corrected chi connectivity index (χ0v) is 14.3. The van der Waals surface area contributed by atoms with E-state index in [-0.39, 0.29) is 18.3 Å². The standard InChI is InChI=1S/C17H18N2O5S/c20-15(19-8-2-1-3-9-19)11-24-17(22)13-6-7-14(25-13)18-16(21)12-5-4-10-23-12/h4-7,10H,1-3,8-9,11H2,(H,18,21). The van der Waals surface area contributed by atoms with Crippen LogP contribution in [0.3, 0.4) is 0 Å². The topological polar surface area (TPSA) is 88.8 Å². The Balaban J connectivity index is 1.50. The molecule has 0 bridgehead atoms. The van der Waals surface area contributed by atoms with E-state index in [0.29, 0.717) is 9.88 Å². The van der Waals surface area contributed by atoms with Crippen molar-refractivity contribution in [1.82, 2.24) is 4.90 Å². The summed E-state index contributed by atoms with van der Waals surface area (Å²) in [7, 11) is 0. The number of carbonyl (C=O) groups is 3. The SMILES string of the molecule is O=C(Nc1ccc(C(=O)OCC(=O)N2CCCCC2)s1)c1ccco1. The van der Waals surface area contributed by atoms with Crippen molar-refractivity contribution in [2.45, 2.75) is 19.3 Å². The molecule has 3 rings (SSSR count). The van der Waals surface area contributed by atoms with E-state index in [1.165, 1.54) is 6.26 Å². The van der Waals surface area contributed by atoms with E-state index in [2.05, 4.69) is 5.32 Å². The van der Waals surface area contributed by atoms with Gasteiger partial charge in [-0.05, 0) is 43.5 Å². The molecule has 1 fully saturated rings. The Labute approximate surface area is 148 Å². The first kappa shape index (κ1) is 17.2. The molecule has 0 atom stereocenters. The summed E-state index contributed by atoms with van der Waals surface area (Å²) in [5, 5.41) is 3.14. The second-order valence-electron chi connectivity index (χ2n) is 5.61. The van der Waals surface area contributed by atoms with Crippen molar-refractivity contribution in [2.24, 2.45) is 0 Å². The maximum absolute atomic E-state index is 12.0. The van der Waals surface area contributed by atoms with Crippen LogP contribution < -0.4 is 5.32 Å². The van der Waals surface area contributed by atoms with Gasteiger partial charge in [-0.1, -0.05) is 0 Å². The first-order valence-electron chi connectivity index (χ1n) is 8.03. The van der Waals surface area contributed by atoms with Crippen molar-refractivity contribution in [2.75, 3.05) is 25.0 Å². The predicted molar refractivity (Wildman–Crippen MR) is 91.7 cm³/mol. The van der Waals surface area contributed by atoms with Crippen molar-refractivity contribution >= 4 is 34.1 Å². The average molecular weight is 362 g/mol. The number of hydrogen-bond donors (Lipinski definition) is 1. The Kier molecular flexibility index (Phi) is 5.49. The van der Waals surface area contributed by atoms with Crippen LogP contribution in [0, 0.1) is 0 Å². The van der Waals surface area contributed by atoms with Crippen molar-refractivity contribution < 1.29 is 23.5 Å². The van der Waals surface area contributed by atoms with Crippen LogP contribution in [0.2, 0.25) is 0 Å². The number of esters is 1. The smallest absolute Gasteiger partial charge is 0.348 e. The van der Waals surface area contributed by atoms with Gasteiger partial charge in [-0.15, -0.1) is 11.3 Å². The molecule has 0 aliphatic carbocycles. The number of carbonyl (C=O) groups excluding carboxylic acids is 3. The highest BCUT2D eigenvalue weighted by Gasteiger charge is 2.19. The Hall–Kier alpha value is -2.61. The molecule has 1 aliphatic heterocycles. The minimum absolute atomic E-state index is 0.170. The number of amides is 2. The maximum atomic E-state index is 12.0. The molecular weight excluding hydrogens is 344 g/mol. The molecule has 0 spiro atoms. The van der Waals surface area contributed by atoms with Crippen LogP contribution in [0.5, 0.6) is 0 Å². The molecule has 0 saturated carbocycles. The van der Waals surface area contributed by atoms with Gasteiger partial charge >= 0.3 is 5.97 Å². The molecule has 0 aromatic carbocycles. The van der Waals surface area contributed by atoms with Gasteiger partial charge in [0.2, 0.25) is 0 Å². The van der Waals surface area contributed by atoms with Crippen LogP contribution in [-0.4, -0.2) is 42.4 Å². The highest BCUT2D eigenvalue weighted by Crippen LogP contribution is 2.23. The molecule has 7 nitrogen and oxygen atoms in total. The van der Waals surface area contributed by atoms with E-state index >= 15 is 0 Å². The van der Waals surface area contributed by atoms with Gasteiger partial charge in [0.25, 0.3) is 11.8 Å². The van der Waals surface area contributed by atoms with Crippen LogP contribution in [0.25, 0.3) is 0 Å². The summed E-state index contributed by atoms with van der Waals surface area (Å²) in [6, 6.07) is 6.32. The Morgan fingerprint density at radius 1 is 1.16 bits per heavy atom. The summed E-state index contributed by atoms with van der Waals surface area (Å²) < 4.78 is 10.1. The largest absolute Gasteiger partial charge is 0.459 e. The van der Waals surface area contributed by atoms with Crippen LogP contribution in [0.1, 0.15) is 39.5 Å². The minimum atomic E-state index is -0.575. The van der Waals surface area contributed by atoms with Gasteiger partial charge < -0.3 is 19.4 Å². The van der Waals surface area contributed by atoms with Crippen molar-refractivity contribution in [3.8, 4) is 0 Å². The summed E-state index contributed by atoms with van der Waals surface area (Å²) in [5.41, 5.74) is 0. The molecular formula is C17H18N2O5S. The van der Waals surface area contributed by atoms with E-state index in [1.807, 2.05) is 0 Å². The number of hydrogen-bond acceptors (Lipinski definition) is 6. The molecule has 2 aromatic heterocycles. The number of thiophene rings is 1. The monoisotopic (exact) mass is 362 g/mol. The molecule has 2 aromatic rings. The van der Waals surface area contributed by atoms with Gasteiger partial charge in [0.1, 0.15) is 4.88 Å². The molecule has 1 saturated heterocycles. The van der Waals surface area contributed by atoms with Gasteiger partial charge in [0, 0.05) is 13.1 Å². The number of likely N-dealkylation sites (tertiary alicyclic amines) is 1. The summed E-state index contributed by atoms with van der Waals surface area (Å²) >= 11 is 1.08. The van der Waals surface area contributed by atoms with Gasteiger partial charge in [0.05, 0.1) is 11.3 Å². The Bertz CT molecular complexity index is 747. The lowest BCUT2D eigenvalue weighted by Gasteiger charge is -2.26. The fourth-order valence-corrected chi connectivity index (χ4v) is 3.32. The minimum Gasteiger partial charge on any atom is -0.459 e. The summed E-state index contributed by atoms with van der Waals surface area (Å²) in [5.74, 6) is -0.957. The van der Waals surface area contributed by atoms with Crippen LogP contribution in [0.15, 0.2) is 34.9 Å². The third-order valence-corrected chi connectivity index (χ3v) is 4.81. The third-order valence-electron chi connectivity index (χ3n) is 3.82. The number of nitrogens with zero attached hydrogens (tertiary/aromatic N) is 1. The second kappa shape index (κ2) is 7.98. The lowest BCUT2D eigenvalue weighted by molar-refractivity contribution is -0.135. The number of anilines is 1. The lowest BCUT2D eigenvalue weighted by Crippen LogP contribution is -2.38. The van der Waals surface area contributed by atoms with Gasteiger partial charge in [-0.2, -0.15) is 0 Å². The highest BCUT2D eigenvalue weighted by molar-refractivity contribution is 7.18. The quantitative estimate of drug-likeness (QED) is 0.826. The third kappa shape index (κ3) is 4.48. The number of furan rings is 1. The number of rotatable bonds is 5. The zero-order chi connectivity index (χ0) is 17.6. The molecule has 132 valence electrons. The maximum Gasteiger partial charge on any atom is 0.348 e. The van der Waals surface area contributed by atoms with Crippen molar-refractivity contribution in [3.63, 3.8) is 0 Å². The molecule has 2 amide bonds. The first-order chi connectivity index (χ1) is 12.1. The molecule has 0 unspecified atom stereocenters. The fourth-order valence-electron chi connectivity index (χ4n) is 2.53. The van der Waals surface area contributed by atoms with Crippen molar-refractivity contribution in [3.05, 3.63) is 41.2 Å². The fraction of sp³-hybridized carbons (Fsp3) is 0.353. The van der Waals surface area contributed by atoms with E-state index in [4.69, 9.17) is 9.15 Å². The number of nitrogens with one attached hydrogen (secondary N) is 1.